The van der Waals surface area contributed by atoms with Crippen molar-refractivity contribution in [3.8, 4) is 0 Å². The Kier molecular flexibility index (Phi) is 3.10. The zero-order valence-electron chi connectivity index (χ0n) is 10.2. The molecule has 0 aliphatic heterocycles. The van der Waals surface area contributed by atoms with Crippen LogP contribution in [0.4, 0.5) is 11.7 Å². The minimum absolute atomic E-state index is 0.254. The zero-order valence-corrected chi connectivity index (χ0v) is 10.2. The first-order valence-electron chi connectivity index (χ1n) is 5.50. The van der Waals surface area contributed by atoms with Crippen molar-refractivity contribution in [1.29, 1.82) is 0 Å². The van der Waals surface area contributed by atoms with Gasteiger partial charge in [0.2, 0.25) is 5.89 Å². The lowest BCUT2D eigenvalue weighted by Gasteiger charge is -2.08. The van der Waals surface area contributed by atoms with Crippen molar-refractivity contribution in [2.45, 2.75) is 26.8 Å². The summed E-state index contributed by atoms with van der Waals surface area (Å²) in [4.78, 5) is 0. The molecule has 0 aliphatic rings. The largest absolute Gasteiger partial charge is 0.406 e. The van der Waals surface area contributed by atoms with Crippen LogP contribution in [0.2, 0.25) is 0 Å². The maximum Gasteiger partial charge on any atom is 0.320 e. The quantitative estimate of drug-likeness (QED) is 0.850. The number of aromatic nitrogens is 2. The molecule has 90 valence electrons. The highest BCUT2D eigenvalue weighted by molar-refractivity contribution is 5.61. The van der Waals surface area contributed by atoms with Crippen LogP contribution in [-0.4, -0.2) is 10.2 Å². The number of anilines is 2. The van der Waals surface area contributed by atoms with Gasteiger partial charge in [0.15, 0.2) is 0 Å². The molecule has 1 aromatic heterocycles. The molecule has 0 saturated heterocycles. The van der Waals surface area contributed by atoms with Crippen LogP contribution in [0.15, 0.2) is 22.6 Å². The third-order valence-corrected chi connectivity index (χ3v) is 2.54. The molecule has 0 saturated carbocycles. The minimum atomic E-state index is -0.254. The third-order valence-electron chi connectivity index (χ3n) is 2.54. The SMILES string of the molecule is Cc1cccc(C)c1Nc1nnc(C(C)N)o1. The molecule has 5 heteroatoms. The van der Waals surface area contributed by atoms with Crippen LogP contribution in [0.25, 0.3) is 0 Å². The van der Waals surface area contributed by atoms with E-state index in [2.05, 4.69) is 15.5 Å². The van der Waals surface area contributed by atoms with Crippen molar-refractivity contribution in [1.82, 2.24) is 10.2 Å². The number of para-hydroxylation sites is 1. The van der Waals surface area contributed by atoms with Crippen molar-refractivity contribution < 1.29 is 4.42 Å². The van der Waals surface area contributed by atoms with Crippen molar-refractivity contribution in [2.24, 2.45) is 5.73 Å². The normalized spacial score (nSPS) is 12.5. The molecule has 17 heavy (non-hydrogen) atoms. The number of benzene rings is 1. The van der Waals surface area contributed by atoms with Gasteiger partial charge < -0.3 is 15.5 Å². The van der Waals surface area contributed by atoms with E-state index in [9.17, 15) is 0 Å². The second kappa shape index (κ2) is 4.55. The highest BCUT2D eigenvalue weighted by atomic mass is 16.4. The molecule has 0 radical (unpaired) electrons. The van der Waals surface area contributed by atoms with Gasteiger partial charge >= 0.3 is 6.01 Å². The van der Waals surface area contributed by atoms with Crippen molar-refractivity contribution >= 4 is 11.7 Å². The molecule has 1 atom stereocenters. The zero-order chi connectivity index (χ0) is 12.4. The highest BCUT2D eigenvalue weighted by Gasteiger charge is 2.11. The molecule has 5 nitrogen and oxygen atoms in total. The lowest BCUT2D eigenvalue weighted by atomic mass is 10.1. The van der Waals surface area contributed by atoms with Crippen molar-refractivity contribution in [3.63, 3.8) is 0 Å². The van der Waals surface area contributed by atoms with E-state index in [4.69, 9.17) is 10.2 Å². The van der Waals surface area contributed by atoms with Gasteiger partial charge in [-0.2, -0.15) is 0 Å². The summed E-state index contributed by atoms with van der Waals surface area (Å²) in [5, 5.41) is 10.9. The van der Waals surface area contributed by atoms with E-state index < -0.39 is 0 Å². The molecule has 0 bridgehead atoms. The Balaban J connectivity index is 2.25. The summed E-state index contributed by atoms with van der Waals surface area (Å²) < 4.78 is 5.40. The van der Waals surface area contributed by atoms with Gasteiger partial charge in [-0.05, 0) is 31.9 Å². The fourth-order valence-corrected chi connectivity index (χ4v) is 1.59. The van der Waals surface area contributed by atoms with Crippen LogP contribution < -0.4 is 11.1 Å². The van der Waals surface area contributed by atoms with Gasteiger partial charge in [-0.25, -0.2) is 0 Å². The van der Waals surface area contributed by atoms with Crippen LogP contribution in [0.5, 0.6) is 0 Å². The number of nitrogens with zero attached hydrogens (tertiary/aromatic N) is 2. The molecule has 0 fully saturated rings. The predicted molar refractivity (Wildman–Crippen MR) is 66.1 cm³/mol. The number of hydrogen-bond acceptors (Lipinski definition) is 5. The van der Waals surface area contributed by atoms with Crippen LogP contribution in [-0.2, 0) is 0 Å². The van der Waals surface area contributed by atoms with Gasteiger partial charge in [0.05, 0.1) is 6.04 Å². The molecule has 3 N–H and O–H groups in total. The summed E-state index contributed by atoms with van der Waals surface area (Å²) in [7, 11) is 0. The first-order valence-corrected chi connectivity index (χ1v) is 5.50. The summed E-state index contributed by atoms with van der Waals surface area (Å²) in [5.41, 5.74) is 8.91. The molecule has 0 spiro atoms. The summed E-state index contributed by atoms with van der Waals surface area (Å²) in [6, 6.07) is 6.18. The van der Waals surface area contributed by atoms with E-state index in [0.717, 1.165) is 16.8 Å². The number of rotatable bonds is 3. The number of nitrogens with one attached hydrogen (secondary N) is 1. The fourth-order valence-electron chi connectivity index (χ4n) is 1.59. The Labute approximate surface area is 100 Å². The predicted octanol–water partition coefficient (Wildman–Crippen LogP) is 2.45. The fraction of sp³-hybridized carbons (Fsp3) is 0.333. The first-order chi connectivity index (χ1) is 8.08. The Morgan fingerprint density at radius 3 is 2.41 bits per heavy atom. The van der Waals surface area contributed by atoms with Crippen LogP contribution in [0, 0.1) is 13.8 Å². The maximum atomic E-state index is 5.66. The van der Waals surface area contributed by atoms with Crippen LogP contribution in [0.1, 0.15) is 30.0 Å². The average Bonchev–Trinajstić information content (AvgIpc) is 2.72. The second-order valence-electron chi connectivity index (χ2n) is 4.13. The molecule has 0 aliphatic carbocycles. The smallest absolute Gasteiger partial charge is 0.320 e. The number of hydrogen-bond donors (Lipinski definition) is 2. The van der Waals surface area contributed by atoms with Gasteiger partial charge in [-0.3, -0.25) is 0 Å². The van der Waals surface area contributed by atoms with Crippen molar-refractivity contribution in [3.05, 3.63) is 35.2 Å². The summed E-state index contributed by atoms with van der Waals surface area (Å²) in [6.07, 6.45) is 0. The molecular weight excluding hydrogens is 216 g/mol. The molecule has 1 unspecified atom stereocenters. The third kappa shape index (κ3) is 2.45. The monoisotopic (exact) mass is 232 g/mol. The Morgan fingerprint density at radius 1 is 1.24 bits per heavy atom. The Hall–Kier alpha value is -1.88. The maximum absolute atomic E-state index is 5.66. The average molecular weight is 232 g/mol. The lowest BCUT2D eigenvalue weighted by Crippen LogP contribution is -2.04. The van der Waals surface area contributed by atoms with E-state index in [-0.39, 0.29) is 6.04 Å². The molecule has 0 amide bonds. The first kappa shape index (κ1) is 11.6. The van der Waals surface area contributed by atoms with E-state index in [1.54, 1.807) is 6.92 Å². The van der Waals surface area contributed by atoms with E-state index in [1.807, 2.05) is 32.0 Å². The van der Waals surface area contributed by atoms with Gasteiger partial charge in [0.25, 0.3) is 0 Å². The second-order valence-corrected chi connectivity index (χ2v) is 4.13. The molecule has 2 rings (SSSR count). The Bertz CT molecular complexity index is 499. The van der Waals surface area contributed by atoms with Gasteiger partial charge in [0.1, 0.15) is 0 Å². The van der Waals surface area contributed by atoms with E-state index in [0.29, 0.717) is 11.9 Å². The minimum Gasteiger partial charge on any atom is -0.406 e. The Morgan fingerprint density at radius 2 is 1.88 bits per heavy atom. The van der Waals surface area contributed by atoms with Gasteiger partial charge in [-0.1, -0.05) is 23.3 Å². The lowest BCUT2D eigenvalue weighted by molar-refractivity contribution is 0.475. The van der Waals surface area contributed by atoms with E-state index >= 15 is 0 Å². The molecule has 1 heterocycles. The number of aryl methyl sites for hydroxylation is 2. The molecular formula is C12H16N4O. The summed E-state index contributed by atoms with van der Waals surface area (Å²) >= 11 is 0. The molecule has 2 aromatic rings. The van der Waals surface area contributed by atoms with Crippen molar-refractivity contribution in [2.75, 3.05) is 5.32 Å². The van der Waals surface area contributed by atoms with E-state index in [1.165, 1.54) is 0 Å². The number of nitrogens with two attached hydrogens (primary N) is 1. The van der Waals surface area contributed by atoms with Gasteiger partial charge in [0, 0.05) is 5.69 Å². The summed E-state index contributed by atoms with van der Waals surface area (Å²) in [5.74, 6) is 0.429. The topological polar surface area (TPSA) is 77.0 Å². The van der Waals surface area contributed by atoms with Crippen LogP contribution in [0.3, 0.4) is 0 Å². The van der Waals surface area contributed by atoms with Crippen LogP contribution >= 0.6 is 0 Å². The standard InChI is InChI=1S/C12H16N4O/c1-7-5-4-6-8(2)10(7)14-12-16-15-11(17-12)9(3)13/h4-6,9H,13H2,1-3H3,(H,14,16). The molecule has 1 aromatic carbocycles. The summed E-state index contributed by atoms with van der Waals surface area (Å²) in [6.45, 7) is 5.85. The van der Waals surface area contributed by atoms with Gasteiger partial charge in [-0.15, -0.1) is 5.10 Å². The highest BCUT2D eigenvalue weighted by Crippen LogP contribution is 2.24.